The van der Waals surface area contributed by atoms with Gasteiger partial charge in [-0.3, -0.25) is 10.1 Å². The number of thiocarbonyl (C=S) groups is 1. The Morgan fingerprint density at radius 1 is 1.10 bits per heavy atom. The maximum absolute atomic E-state index is 10.7. The van der Waals surface area contributed by atoms with Crippen LogP contribution in [0.3, 0.4) is 0 Å². The second kappa shape index (κ2) is 10.2. The van der Waals surface area contributed by atoms with E-state index in [4.69, 9.17) is 42.8 Å². The topological polar surface area (TPSA) is 141 Å². The second-order valence-electron chi connectivity index (χ2n) is 6.46. The van der Waals surface area contributed by atoms with Crippen LogP contribution >= 0.6 is 23.8 Å². The predicted molar refractivity (Wildman–Crippen MR) is 111 cm³/mol. The molecule has 12 heteroatoms. The lowest BCUT2D eigenvalue weighted by Gasteiger charge is -2.41. The molecule has 0 saturated carbocycles. The van der Waals surface area contributed by atoms with Crippen molar-refractivity contribution in [1.82, 2.24) is 0 Å². The highest BCUT2D eigenvalue weighted by atomic mass is 35.5. The van der Waals surface area contributed by atoms with E-state index >= 15 is 0 Å². The van der Waals surface area contributed by atoms with Crippen molar-refractivity contribution in [1.29, 1.82) is 0 Å². The zero-order valence-electron chi connectivity index (χ0n) is 15.7. The summed E-state index contributed by atoms with van der Waals surface area (Å²) in [5.41, 5.74) is -0.134. The van der Waals surface area contributed by atoms with E-state index in [1.54, 1.807) is 24.3 Å². The van der Waals surface area contributed by atoms with E-state index < -0.39 is 47.5 Å². The average Bonchev–Trinajstić information content (AvgIpc) is 2.75. The molecule has 3 N–H and O–H groups in total. The van der Waals surface area contributed by atoms with Crippen LogP contribution in [0.15, 0.2) is 48.5 Å². The lowest BCUT2D eigenvalue weighted by molar-refractivity contribution is -0.384. The van der Waals surface area contributed by atoms with Crippen molar-refractivity contribution in [3.63, 3.8) is 0 Å². The molecule has 1 saturated heterocycles. The van der Waals surface area contributed by atoms with Crippen LogP contribution in [0.2, 0.25) is 5.02 Å². The van der Waals surface area contributed by atoms with E-state index in [1.165, 1.54) is 24.3 Å². The molecule has 1 aliphatic heterocycles. The van der Waals surface area contributed by atoms with Crippen molar-refractivity contribution in [3.05, 3.63) is 63.7 Å². The Balaban J connectivity index is 1.73. The number of hydrogen-bond donors (Lipinski definition) is 3. The van der Waals surface area contributed by atoms with Gasteiger partial charge in [0, 0.05) is 29.4 Å². The van der Waals surface area contributed by atoms with Gasteiger partial charge in [0.1, 0.15) is 29.8 Å². The standard InChI is InChI=1S/C19H18ClNO9S/c20-10-1-5-12(6-2-10)27-18-17(16(24)15(23)14(9-22)29-18)30-19(31)28-13-7-3-11(4-8-13)21(25)26/h1-8,14-18,22-24H,9H2/t14-,15-,16+,17-,18+/m1/s1. The molecule has 10 nitrogen and oxygen atoms in total. The fourth-order valence-corrected chi connectivity index (χ4v) is 3.12. The van der Waals surface area contributed by atoms with E-state index in [2.05, 4.69) is 0 Å². The molecular weight excluding hydrogens is 454 g/mol. The number of non-ortho nitro benzene ring substituents is 1. The monoisotopic (exact) mass is 471 g/mol. The fraction of sp³-hybridized carbons (Fsp3) is 0.316. The van der Waals surface area contributed by atoms with Crippen LogP contribution in [0, 0.1) is 10.1 Å². The third-order valence-corrected chi connectivity index (χ3v) is 4.80. The molecule has 5 atom stereocenters. The predicted octanol–water partition coefficient (Wildman–Crippen LogP) is 1.82. The van der Waals surface area contributed by atoms with Gasteiger partial charge in [-0.15, -0.1) is 0 Å². The van der Waals surface area contributed by atoms with Crippen LogP contribution < -0.4 is 9.47 Å². The lowest BCUT2D eigenvalue weighted by Crippen LogP contribution is -2.61. The number of aliphatic hydroxyl groups is 3. The first kappa shape index (κ1) is 23.1. The molecule has 0 aliphatic carbocycles. The molecule has 2 aromatic rings. The molecule has 1 heterocycles. The molecule has 0 amide bonds. The zero-order chi connectivity index (χ0) is 22.5. The van der Waals surface area contributed by atoms with E-state index in [-0.39, 0.29) is 11.4 Å². The summed E-state index contributed by atoms with van der Waals surface area (Å²) in [6, 6.07) is 11.3. The van der Waals surface area contributed by atoms with Gasteiger partial charge < -0.3 is 34.3 Å². The van der Waals surface area contributed by atoms with E-state index in [0.717, 1.165) is 0 Å². The first-order valence-corrected chi connectivity index (χ1v) is 9.74. The number of aliphatic hydroxyl groups excluding tert-OH is 3. The van der Waals surface area contributed by atoms with E-state index in [1.807, 2.05) is 0 Å². The minimum atomic E-state index is -1.54. The first-order valence-electron chi connectivity index (χ1n) is 8.96. The summed E-state index contributed by atoms with van der Waals surface area (Å²) in [5.74, 6) is 0.483. The van der Waals surface area contributed by atoms with Crippen LogP contribution in [0.5, 0.6) is 11.5 Å². The minimum absolute atomic E-state index is 0.134. The third kappa shape index (κ3) is 5.79. The highest BCUT2D eigenvalue weighted by Crippen LogP contribution is 2.28. The highest BCUT2D eigenvalue weighted by molar-refractivity contribution is 7.79. The summed E-state index contributed by atoms with van der Waals surface area (Å²) in [4.78, 5) is 10.2. The Bertz CT molecular complexity index is 912. The third-order valence-electron chi connectivity index (χ3n) is 4.37. The van der Waals surface area contributed by atoms with Crippen LogP contribution in [0.25, 0.3) is 0 Å². The van der Waals surface area contributed by atoms with Crippen LogP contribution in [-0.4, -0.2) is 62.8 Å². The number of halogens is 1. The summed E-state index contributed by atoms with van der Waals surface area (Å²) in [6.45, 7) is -0.574. The van der Waals surface area contributed by atoms with Gasteiger partial charge in [0.25, 0.3) is 5.69 Å². The maximum atomic E-state index is 10.7. The maximum Gasteiger partial charge on any atom is 0.358 e. The molecule has 0 bridgehead atoms. The quantitative estimate of drug-likeness (QED) is 0.324. The summed E-state index contributed by atoms with van der Waals surface area (Å²) >= 11 is 10.9. The number of nitrogens with zero attached hydrogens (tertiary/aromatic N) is 1. The molecule has 2 aromatic carbocycles. The summed E-state index contributed by atoms with van der Waals surface area (Å²) in [6.07, 6.45) is -6.74. The van der Waals surface area contributed by atoms with Gasteiger partial charge in [-0.05, 0) is 36.4 Å². The fourth-order valence-electron chi connectivity index (χ4n) is 2.79. The van der Waals surface area contributed by atoms with Gasteiger partial charge in [-0.1, -0.05) is 11.6 Å². The average molecular weight is 472 g/mol. The van der Waals surface area contributed by atoms with Crippen LogP contribution in [-0.2, 0) is 9.47 Å². The Morgan fingerprint density at radius 2 is 1.71 bits per heavy atom. The van der Waals surface area contributed by atoms with Gasteiger partial charge in [0.15, 0.2) is 6.10 Å². The Labute approximate surface area is 186 Å². The molecule has 1 aliphatic rings. The number of ether oxygens (including phenoxy) is 4. The number of benzene rings is 2. The Hall–Kier alpha value is -2.54. The van der Waals surface area contributed by atoms with Crippen molar-refractivity contribution >= 4 is 34.7 Å². The number of rotatable bonds is 6. The normalized spacial score (nSPS) is 25.5. The Morgan fingerprint density at radius 3 is 2.29 bits per heavy atom. The molecular formula is C19H18ClNO9S. The zero-order valence-corrected chi connectivity index (χ0v) is 17.3. The SMILES string of the molecule is O=[N+]([O-])c1ccc(OC(=S)O[C@H]2[C@@H](Oc3ccc(Cl)cc3)O[C@H](CO)[C@@H](O)[C@@H]2O)cc1. The molecule has 0 aromatic heterocycles. The summed E-state index contributed by atoms with van der Waals surface area (Å²) in [5, 5.41) is 40.8. The summed E-state index contributed by atoms with van der Waals surface area (Å²) < 4.78 is 22.0. The molecule has 0 radical (unpaired) electrons. The van der Waals surface area contributed by atoms with Crippen molar-refractivity contribution < 1.29 is 39.2 Å². The van der Waals surface area contributed by atoms with Gasteiger partial charge in [0.2, 0.25) is 6.29 Å². The number of nitro groups is 1. The molecule has 3 rings (SSSR count). The van der Waals surface area contributed by atoms with Crippen molar-refractivity contribution in [2.24, 2.45) is 0 Å². The highest BCUT2D eigenvalue weighted by Gasteiger charge is 2.47. The lowest BCUT2D eigenvalue weighted by atomic mass is 9.99. The van der Waals surface area contributed by atoms with Crippen LogP contribution in [0.4, 0.5) is 5.69 Å². The first-order chi connectivity index (χ1) is 14.8. The largest absolute Gasteiger partial charge is 0.461 e. The molecule has 166 valence electrons. The van der Waals surface area contributed by atoms with Gasteiger partial charge in [-0.2, -0.15) is 0 Å². The van der Waals surface area contributed by atoms with Gasteiger partial charge in [-0.25, -0.2) is 0 Å². The Kier molecular flexibility index (Phi) is 7.59. The smallest absolute Gasteiger partial charge is 0.358 e. The van der Waals surface area contributed by atoms with Gasteiger partial charge in [0.05, 0.1) is 11.5 Å². The van der Waals surface area contributed by atoms with E-state index in [0.29, 0.717) is 10.8 Å². The van der Waals surface area contributed by atoms with Crippen molar-refractivity contribution in [2.75, 3.05) is 6.61 Å². The van der Waals surface area contributed by atoms with Gasteiger partial charge >= 0.3 is 5.24 Å². The summed E-state index contributed by atoms with van der Waals surface area (Å²) in [7, 11) is 0. The van der Waals surface area contributed by atoms with E-state index in [9.17, 15) is 25.4 Å². The van der Waals surface area contributed by atoms with Crippen LogP contribution in [0.1, 0.15) is 0 Å². The molecule has 0 spiro atoms. The molecule has 0 unspecified atom stereocenters. The molecule has 1 fully saturated rings. The second-order valence-corrected chi connectivity index (χ2v) is 7.23. The molecule has 31 heavy (non-hydrogen) atoms. The minimum Gasteiger partial charge on any atom is -0.461 e. The van der Waals surface area contributed by atoms with Crippen molar-refractivity contribution in [3.8, 4) is 11.5 Å². The number of nitro benzene ring substituents is 1. The number of hydrogen-bond acceptors (Lipinski definition) is 10. The van der Waals surface area contributed by atoms with Crippen molar-refractivity contribution in [2.45, 2.75) is 30.7 Å².